The van der Waals surface area contributed by atoms with Gasteiger partial charge in [-0.15, -0.1) is 11.6 Å². The second kappa shape index (κ2) is 6.53. The van der Waals surface area contributed by atoms with Gasteiger partial charge in [0.1, 0.15) is 0 Å². The lowest BCUT2D eigenvalue weighted by molar-refractivity contribution is 0.232. The van der Waals surface area contributed by atoms with Gasteiger partial charge < -0.3 is 10.1 Å². The molecule has 16 heavy (non-hydrogen) atoms. The van der Waals surface area contributed by atoms with Gasteiger partial charge in [0.2, 0.25) is 11.8 Å². The third kappa shape index (κ3) is 4.66. The zero-order chi connectivity index (χ0) is 12.0. The molecule has 1 aromatic rings. The number of halogens is 1. The number of hydrogen-bond acceptors (Lipinski definition) is 4. The van der Waals surface area contributed by atoms with E-state index in [1.807, 2.05) is 20.8 Å². The van der Waals surface area contributed by atoms with Crippen molar-refractivity contribution in [1.29, 1.82) is 0 Å². The Morgan fingerprint density at radius 3 is 2.88 bits per heavy atom. The number of ether oxygens (including phenoxy) is 1. The van der Waals surface area contributed by atoms with Crippen LogP contribution in [0.4, 0.5) is 5.95 Å². The normalized spacial score (nSPS) is 12.6. The number of nitrogens with one attached hydrogen (secondary N) is 1. The molecule has 0 radical (unpaired) electrons. The fourth-order valence-corrected chi connectivity index (χ4v) is 1.16. The van der Waals surface area contributed by atoms with Crippen LogP contribution in [-0.4, -0.2) is 28.0 Å². The molecule has 0 aliphatic carbocycles. The van der Waals surface area contributed by atoms with Crippen molar-refractivity contribution in [2.75, 3.05) is 11.9 Å². The Bertz CT molecular complexity index is 320. The molecule has 1 rings (SSSR count). The van der Waals surface area contributed by atoms with Gasteiger partial charge in [-0.3, -0.25) is 0 Å². The molecule has 5 heteroatoms. The number of rotatable bonds is 6. The van der Waals surface area contributed by atoms with E-state index in [0.29, 0.717) is 18.4 Å². The minimum absolute atomic E-state index is 0.0956. The van der Waals surface area contributed by atoms with E-state index in [-0.39, 0.29) is 11.5 Å². The van der Waals surface area contributed by atoms with Crippen molar-refractivity contribution in [2.24, 2.45) is 0 Å². The van der Waals surface area contributed by atoms with Crippen LogP contribution in [0.2, 0.25) is 0 Å². The van der Waals surface area contributed by atoms with Crippen LogP contribution < -0.4 is 10.1 Å². The lowest BCUT2D eigenvalue weighted by Crippen LogP contribution is -2.15. The highest BCUT2D eigenvalue weighted by Gasteiger charge is 2.04. The SMILES string of the molecule is CCC(Cl)CNc1nccc(OC(C)C)n1. The van der Waals surface area contributed by atoms with Crippen molar-refractivity contribution in [3.8, 4) is 5.88 Å². The van der Waals surface area contributed by atoms with Crippen molar-refractivity contribution in [3.05, 3.63) is 12.3 Å². The van der Waals surface area contributed by atoms with E-state index in [4.69, 9.17) is 16.3 Å². The summed E-state index contributed by atoms with van der Waals surface area (Å²) in [6.07, 6.45) is 2.69. The molecule has 90 valence electrons. The molecular formula is C11H18ClN3O. The van der Waals surface area contributed by atoms with Gasteiger partial charge in [-0.05, 0) is 20.3 Å². The third-order valence-electron chi connectivity index (χ3n) is 1.91. The Morgan fingerprint density at radius 1 is 1.50 bits per heavy atom. The number of nitrogens with zero attached hydrogens (tertiary/aromatic N) is 2. The molecule has 1 heterocycles. The molecule has 1 unspecified atom stereocenters. The lowest BCUT2D eigenvalue weighted by Gasteiger charge is -2.11. The van der Waals surface area contributed by atoms with E-state index in [0.717, 1.165) is 6.42 Å². The maximum absolute atomic E-state index is 5.99. The minimum Gasteiger partial charge on any atom is -0.475 e. The molecule has 0 aliphatic heterocycles. The average Bonchev–Trinajstić information content (AvgIpc) is 2.25. The van der Waals surface area contributed by atoms with Crippen LogP contribution >= 0.6 is 11.6 Å². The maximum atomic E-state index is 5.99. The Kier molecular flexibility index (Phi) is 5.32. The van der Waals surface area contributed by atoms with Crippen molar-refractivity contribution >= 4 is 17.5 Å². The topological polar surface area (TPSA) is 47.0 Å². The molecule has 1 aromatic heterocycles. The largest absolute Gasteiger partial charge is 0.475 e. The van der Waals surface area contributed by atoms with Crippen LogP contribution in [-0.2, 0) is 0 Å². The fraction of sp³-hybridized carbons (Fsp3) is 0.636. The number of alkyl halides is 1. The van der Waals surface area contributed by atoms with Gasteiger partial charge >= 0.3 is 0 Å². The Labute approximate surface area is 101 Å². The fourth-order valence-electron chi connectivity index (χ4n) is 1.08. The monoisotopic (exact) mass is 243 g/mol. The van der Waals surface area contributed by atoms with E-state index in [9.17, 15) is 0 Å². The first kappa shape index (κ1) is 13.0. The molecule has 0 amide bonds. The Morgan fingerprint density at radius 2 is 2.25 bits per heavy atom. The van der Waals surface area contributed by atoms with Crippen LogP contribution in [0.5, 0.6) is 5.88 Å². The quantitative estimate of drug-likeness (QED) is 0.781. The maximum Gasteiger partial charge on any atom is 0.225 e. The standard InChI is InChI=1S/C11H18ClN3O/c1-4-9(12)7-14-11-13-6-5-10(15-11)16-8(2)3/h5-6,8-9H,4,7H2,1-3H3,(H,13,14,15). The zero-order valence-corrected chi connectivity index (χ0v) is 10.7. The zero-order valence-electron chi connectivity index (χ0n) is 9.90. The molecule has 0 saturated carbocycles. The lowest BCUT2D eigenvalue weighted by atomic mass is 10.3. The summed E-state index contributed by atoms with van der Waals surface area (Å²) in [5.41, 5.74) is 0. The summed E-state index contributed by atoms with van der Waals surface area (Å²) in [4.78, 5) is 8.31. The van der Waals surface area contributed by atoms with Gasteiger partial charge in [0, 0.05) is 18.8 Å². The first-order valence-corrected chi connectivity index (χ1v) is 5.93. The number of aromatic nitrogens is 2. The number of hydrogen-bond donors (Lipinski definition) is 1. The molecular weight excluding hydrogens is 226 g/mol. The summed E-state index contributed by atoms with van der Waals surface area (Å²) in [6, 6.07) is 1.74. The van der Waals surface area contributed by atoms with E-state index in [1.165, 1.54) is 0 Å². The molecule has 0 aliphatic rings. The van der Waals surface area contributed by atoms with Crippen LogP contribution in [0.15, 0.2) is 12.3 Å². The first-order chi connectivity index (χ1) is 7.61. The van der Waals surface area contributed by atoms with E-state index >= 15 is 0 Å². The molecule has 0 aromatic carbocycles. The molecule has 1 atom stereocenters. The highest BCUT2D eigenvalue weighted by Crippen LogP contribution is 2.11. The van der Waals surface area contributed by atoms with Crippen molar-refractivity contribution in [1.82, 2.24) is 9.97 Å². The smallest absolute Gasteiger partial charge is 0.225 e. The predicted octanol–water partition coefficient (Wildman–Crippen LogP) is 2.69. The first-order valence-electron chi connectivity index (χ1n) is 5.49. The highest BCUT2D eigenvalue weighted by molar-refractivity contribution is 6.20. The van der Waals surface area contributed by atoms with E-state index < -0.39 is 0 Å². The summed E-state index contributed by atoms with van der Waals surface area (Å²) in [6.45, 7) is 6.61. The summed E-state index contributed by atoms with van der Waals surface area (Å²) in [5.74, 6) is 1.13. The van der Waals surface area contributed by atoms with Gasteiger partial charge in [-0.1, -0.05) is 6.92 Å². The Balaban J connectivity index is 2.53. The summed E-state index contributed by atoms with van der Waals surface area (Å²) >= 11 is 5.99. The van der Waals surface area contributed by atoms with Crippen LogP contribution in [0, 0.1) is 0 Å². The van der Waals surface area contributed by atoms with Crippen LogP contribution in [0.3, 0.4) is 0 Å². The summed E-state index contributed by atoms with van der Waals surface area (Å²) in [5, 5.41) is 3.17. The van der Waals surface area contributed by atoms with Crippen molar-refractivity contribution in [3.63, 3.8) is 0 Å². The van der Waals surface area contributed by atoms with Crippen LogP contribution in [0.1, 0.15) is 27.2 Å². The Hall–Kier alpha value is -1.03. The molecule has 0 spiro atoms. The molecule has 0 fully saturated rings. The van der Waals surface area contributed by atoms with Gasteiger partial charge in [0.25, 0.3) is 0 Å². The summed E-state index contributed by atoms with van der Waals surface area (Å²) < 4.78 is 5.46. The van der Waals surface area contributed by atoms with Crippen LogP contribution in [0.25, 0.3) is 0 Å². The van der Waals surface area contributed by atoms with E-state index in [1.54, 1.807) is 12.3 Å². The van der Waals surface area contributed by atoms with Gasteiger partial charge in [0.15, 0.2) is 0 Å². The molecule has 0 saturated heterocycles. The second-order valence-electron chi connectivity index (χ2n) is 3.77. The highest BCUT2D eigenvalue weighted by atomic mass is 35.5. The predicted molar refractivity (Wildman–Crippen MR) is 66.2 cm³/mol. The molecule has 1 N–H and O–H groups in total. The number of anilines is 1. The second-order valence-corrected chi connectivity index (χ2v) is 4.39. The van der Waals surface area contributed by atoms with Gasteiger partial charge in [-0.2, -0.15) is 4.98 Å². The summed E-state index contributed by atoms with van der Waals surface area (Å²) in [7, 11) is 0. The van der Waals surface area contributed by atoms with Crippen molar-refractivity contribution < 1.29 is 4.74 Å². The van der Waals surface area contributed by atoms with Crippen molar-refractivity contribution in [2.45, 2.75) is 38.7 Å². The van der Waals surface area contributed by atoms with Gasteiger partial charge in [0.05, 0.1) is 11.5 Å². The molecule has 4 nitrogen and oxygen atoms in total. The van der Waals surface area contributed by atoms with E-state index in [2.05, 4.69) is 15.3 Å². The van der Waals surface area contributed by atoms with Gasteiger partial charge in [-0.25, -0.2) is 4.98 Å². The third-order valence-corrected chi connectivity index (χ3v) is 2.37. The minimum atomic E-state index is 0.0956. The molecule has 0 bridgehead atoms. The average molecular weight is 244 g/mol.